The van der Waals surface area contributed by atoms with E-state index in [2.05, 4.69) is 11.6 Å². The van der Waals surface area contributed by atoms with Gasteiger partial charge in [0.2, 0.25) is 5.91 Å². The van der Waals surface area contributed by atoms with Gasteiger partial charge in [-0.2, -0.15) is 5.10 Å². The number of carbonyl (C=O) groups excluding carboxylic acids is 1. The van der Waals surface area contributed by atoms with E-state index in [1.165, 1.54) is 23.5 Å². The number of aryl methyl sites for hydroxylation is 1. The van der Waals surface area contributed by atoms with Crippen molar-refractivity contribution in [3.8, 4) is 39.5 Å². The van der Waals surface area contributed by atoms with Crippen molar-refractivity contribution in [2.24, 2.45) is 0 Å². The van der Waals surface area contributed by atoms with Gasteiger partial charge in [-0.25, -0.2) is 18.7 Å². The van der Waals surface area contributed by atoms with E-state index in [1.807, 2.05) is 47.3 Å². The molecule has 0 radical (unpaired) electrons. The number of benzene rings is 2. The lowest BCUT2D eigenvalue weighted by molar-refractivity contribution is -0.129. The van der Waals surface area contributed by atoms with Crippen LogP contribution in [0.25, 0.3) is 55.0 Å². The molecule has 2 aromatic carbocycles. The molecule has 1 aliphatic rings. The van der Waals surface area contributed by atoms with Crippen LogP contribution < -0.4 is 4.74 Å². The van der Waals surface area contributed by atoms with Crippen LogP contribution in [0.2, 0.25) is 0 Å². The summed E-state index contributed by atoms with van der Waals surface area (Å²) in [5.74, 6) is -1.04. The number of rotatable bonds is 6. The third kappa shape index (κ3) is 4.97. The van der Waals surface area contributed by atoms with Crippen molar-refractivity contribution < 1.29 is 22.7 Å². The van der Waals surface area contributed by atoms with Crippen molar-refractivity contribution >= 4 is 38.4 Å². The number of amides is 1. The van der Waals surface area contributed by atoms with Crippen LogP contribution in [0, 0.1) is 18.6 Å². The van der Waals surface area contributed by atoms with Crippen molar-refractivity contribution in [3.05, 3.63) is 83.7 Å². The molecule has 5 heterocycles. The van der Waals surface area contributed by atoms with Gasteiger partial charge in [0, 0.05) is 46.3 Å². The second-order valence-electron chi connectivity index (χ2n) is 11.4. The van der Waals surface area contributed by atoms with E-state index in [0.717, 1.165) is 27.4 Å². The van der Waals surface area contributed by atoms with E-state index in [1.54, 1.807) is 25.7 Å². The van der Waals surface area contributed by atoms with Gasteiger partial charge in [0.15, 0.2) is 11.5 Å². The van der Waals surface area contributed by atoms with Gasteiger partial charge in [-0.3, -0.25) is 9.48 Å². The summed E-state index contributed by atoms with van der Waals surface area (Å²) >= 11 is 1.43. The van der Waals surface area contributed by atoms with Gasteiger partial charge in [0.05, 0.1) is 36.1 Å². The van der Waals surface area contributed by atoms with E-state index in [9.17, 15) is 9.18 Å². The first-order valence-corrected chi connectivity index (χ1v) is 15.4. The number of nitrogens with zero attached hydrogens (tertiary/aromatic N) is 5. The number of hydrogen-bond acceptors (Lipinski definition) is 7. The molecular weight excluding hydrogens is 596 g/mol. The summed E-state index contributed by atoms with van der Waals surface area (Å²) in [6, 6.07) is 11.5. The molecule has 6 aromatic rings. The van der Waals surface area contributed by atoms with Crippen molar-refractivity contribution in [2.75, 3.05) is 0 Å². The maximum Gasteiger partial charge on any atom is 0.246 e. The van der Waals surface area contributed by atoms with Crippen LogP contribution in [0.1, 0.15) is 32.4 Å². The Morgan fingerprint density at radius 3 is 2.73 bits per heavy atom. The van der Waals surface area contributed by atoms with Crippen LogP contribution >= 0.6 is 11.3 Å². The van der Waals surface area contributed by atoms with Crippen molar-refractivity contribution in [3.63, 3.8) is 0 Å². The van der Waals surface area contributed by atoms with Gasteiger partial charge < -0.3 is 14.1 Å². The van der Waals surface area contributed by atoms with Crippen LogP contribution in [0.3, 0.4) is 0 Å². The van der Waals surface area contributed by atoms with E-state index >= 15 is 4.39 Å². The standard InChI is InChI=1S/C34H29F2N5O3S/c1-6-29(42)40-16-22-14-26(39-41(22)15-18(40)4)33-31(30-24(36)12-21(35)13-28(30)43-17(2)3)34-23(9-10-45-34)32(38-33)20-7-8-27-25(11-20)37-19(5)44-27/h6-14,17-18H,1,15-16H2,2-5H3/t18-/m1/s1. The molecular formula is C34H29F2N5O3S. The fourth-order valence-electron chi connectivity index (χ4n) is 5.94. The Labute approximate surface area is 261 Å². The molecule has 1 atom stereocenters. The van der Waals surface area contributed by atoms with E-state index in [-0.39, 0.29) is 29.4 Å². The zero-order valence-electron chi connectivity index (χ0n) is 25.1. The normalized spacial score (nSPS) is 14.8. The molecule has 8 nitrogen and oxygen atoms in total. The van der Waals surface area contributed by atoms with Gasteiger partial charge in [0.25, 0.3) is 0 Å². The highest BCUT2D eigenvalue weighted by Gasteiger charge is 2.30. The first-order chi connectivity index (χ1) is 21.6. The monoisotopic (exact) mass is 625 g/mol. The number of fused-ring (bicyclic) bond motifs is 3. The average Bonchev–Trinajstić information content (AvgIpc) is 3.72. The number of pyridine rings is 1. The molecule has 45 heavy (non-hydrogen) atoms. The molecule has 0 aliphatic carbocycles. The van der Waals surface area contributed by atoms with Crippen LogP contribution in [-0.2, 0) is 17.9 Å². The second kappa shape index (κ2) is 10.9. The summed E-state index contributed by atoms with van der Waals surface area (Å²) in [5.41, 5.74) is 5.08. The van der Waals surface area contributed by atoms with Crippen LogP contribution in [0.5, 0.6) is 5.75 Å². The van der Waals surface area contributed by atoms with Gasteiger partial charge in [-0.05, 0) is 62.6 Å². The summed E-state index contributed by atoms with van der Waals surface area (Å²) in [6.45, 7) is 11.8. The Hall–Kier alpha value is -4.90. The number of hydrogen-bond donors (Lipinski definition) is 0. The Bertz CT molecular complexity index is 2150. The summed E-state index contributed by atoms with van der Waals surface area (Å²) in [7, 11) is 0. The maximum absolute atomic E-state index is 16.0. The fraction of sp³-hybridized carbons (Fsp3) is 0.235. The van der Waals surface area contributed by atoms with Crippen LogP contribution in [-0.4, -0.2) is 42.7 Å². The fourth-order valence-corrected chi connectivity index (χ4v) is 6.89. The van der Waals surface area contributed by atoms with Gasteiger partial charge in [0.1, 0.15) is 34.3 Å². The summed E-state index contributed by atoms with van der Waals surface area (Å²) in [5, 5.41) is 7.64. The molecule has 4 aromatic heterocycles. The second-order valence-corrected chi connectivity index (χ2v) is 12.3. The molecule has 0 fully saturated rings. The number of carbonyl (C=O) groups is 1. The molecule has 11 heteroatoms. The molecule has 0 unspecified atom stereocenters. The number of oxazole rings is 1. The Balaban J connectivity index is 1.52. The maximum atomic E-state index is 16.0. The number of ether oxygens (including phenoxy) is 1. The Morgan fingerprint density at radius 1 is 1.13 bits per heavy atom. The first kappa shape index (κ1) is 28.8. The van der Waals surface area contributed by atoms with Crippen molar-refractivity contribution in [1.29, 1.82) is 0 Å². The zero-order valence-corrected chi connectivity index (χ0v) is 25.9. The summed E-state index contributed by atoms with van der Waals surface area (Å²) in [4.78, 5) is 24.0. The van der Waals surface area contributed by atoms with Crippen LogP contribution in [0.15, 0.2) is 64.9 Å². The van der Waals surface area contributed by atoms with E-state index in [4.69, 9.17) is 19.2 Å². The van der Waals surface area contributed by atoms with Crippen LogP contribution in [0.4, 0.5) is 8.78 Å². The predicted molar refractivity (Wildman–Crippen MR) is 170 cm³/mol. The lowest BCUT2D eigenvalue weighted by Gasteiger charge is -2.33. The minimum absolute atomic E-state index is 0.0767. The third-order valence-corrected chi connectivity index (χ3v) is 8.80. The minimum atomic E-state index is -0.768. The minimum Gasteiger partial charge on any atom is -0.490 e. The Morgan fingerprint density at radius 2 is 1.96 bits per heavy atom. The molecule has 1 aliphatic heterocycles. The molecule has 0 spiro atoms. The molecule has 7 rings (SSSR count). The SMILES string of the molecule is C=CC(=O)N1Cc2cc(-c3nc(-c4ccc5oc(C)nc5c4)c4ccsc4c3-c3c(F)cc(F)cc3OC(C)C)nn2C[C@H]1C. The molecule has 0 saturated carbocycles. The summed E-state index contributed by atoms with van der Waals surface area (Å²) in [6.07, 6.45) is 0.966. The lowest BCUT2D eigenvalue weighted by Crippen LogP contribution is -2.44. The van der Waals surface area contributed by atoms with E-state index < -0.39 is 11.6 Å². The highest BCUT2D eigenvalue weighted by molar-refractivity contribution is 7.18. The quantitative estimate of drug-likeness (QED) is 0.175. The van der Waals surface area contributed by atoms with Gasteiger partial charge in [-0.1, -0.05) is 6.58 Å². The number of thiophene rings is 1. The molecule has 0 bridgehead atoms. The topological polar surface area (TPSA) is 86.3 Å². The predicted octanol–water partition coefficient (Wildman–Crippen LogP) is 7.93. The van der Waals surface area contributed by atoms with Gasteiger partial charge in [-0.15, -0.1) is 11.3 Å². The third-order valence-electron chi connectivity index (χ3n) is 7.87. The molecule has 1 amide bonds. The lowest BCUT2D eigenvalue weighted by atomic mass is 9.96. The van der Waals surface area contributed by atoms with Crippen molar-refractivity contribution in [1.82, 2.24) is 24.6 Å². The number of halogens is 2. The first-order valence-electron chi connectivity index (χ1n) is 14.6. The van der Waals surface area contributed by atoms with Gasteiger partial charge >= 0.3 is 0 Å². The Kier molecular flexibility index (Phi) is 7.00. The number of aromatic nitrogens is 4. The zero-order chi connectivity index (χ0) is 31.6. The highest BCUT2D eigenvalue weighted by Crippen LogP contribution is 2.47. The molecule has 0 N–H and O–H groups in total. The van der Waals surface area contributed by atoms with Crippen molar-refractivity contribution in [2.45, 2.75) is 52.9 Å². The average molecular weight is 626 g/mol. The smallest absolute Gasteiger partial charge is 0.246 e. The summed E-state index contributed by atoms with van der Waals surface area (Å²) < 4.78 is 44.9. The van der Waals surface area contributed by atoms with E-state index in [0.29, 0.717) is 52.7 Å². The molecule has 228 valence electrons. The molecule has 0 saturated heterocycles. The highest BCUT2D eigenvalue weighted by atomic mass is 32.1. The largest absolute Gasteiger partial charge is 0.490 e.